The van der Waals surface area contributed by atoms with Crippen LogP contribution in [0.1, 0.15) is 0 Å². The summed E-state index contributed by atoms with van der Waals surface area (Å²) < 4.78 is 23.4. The molecule has 0 aliphatic carbocycles. The first kappa shape index (κ1) is 5.44. The third-order valence-corrected chi connectivity index (χ3v) is 0. The molecule has 1 radical (unpaired) electrons. The van der Waals surface area contributed by atoms with E-state index in [0.29, 0.717) is 0 Å². The van der Waals surface area contributed by atoms with Gasteiger partial charge in [-0.05, 0) is 0 Å². The monoisotopic (exact) mass is 141 g/mol. The Bertz CT molecular complexity index is 22.4. The molecule has 0 amide bonds. The molecule has 0 aliphatic rings. The molecule has 0 aromatic heterocycles. The molecule has 0 rings (SSSR count). The zero-order valence-electron chi connectivity index (χ0n) is 2.79. The average Bonchev–Trinajstić information content (AvgIpc) is 0.722. The van der Waals surface area contributed by atoms with Crippen molar-refractivity contribution in [1.82, 2.24) is 0 Å². The normalized spacial score (nSPS) is 12.0. The van der Waals surface area contributed by atoms with Gasteiger partial charge < -0.3 is 0 Å². The van der Waals surface area contributed by atoms with Crippen LogP contribution in [0.2, 0.25) is 5.71 Å². The van der Waals surface area contributed by atoms with Gasteiger partial charge >= 0.3 is 32.6 Å². The first-order valence-electron chi connectivity index (χ1n) is 1.05. The van der Waals surface area contributed by atoms with E-state index in [-0.39, 0.29) is 0 Å². The summed E-state index contributed by atoms with van der Waals surface area (Å²) in [7, 11) is 0. The van der Waals surface area contributed by atoms with Crippen LogP contribution >= 0.6 is 0 Å². The molecule has 4 heteroatoms. The van der Waals surface area contributed by atoms with Gasteiger partial charge in [0, 0.05) is 0 Å². The van der Waals surface area contributed by atoms with Crippen LogP contribution in [0, 0.1) is 0 Å². The van der Waals surface area contributed by atoms with E-state index in [2.05, 4.69) is 0 Å². The van der Waals surface area contributed by atoms with Crippen LogP contribution in [0.3, 0.4) is 0 Å². The maximum atomic E-state index is 7.80. The molecule has 5 heavy (non-hydrogen) atoms. The first-order chi connectivity index (χ1) is 2.00. The van der Waals surface area contributed by atoms with Gasteiger partial charge in [0.2, 0.25) is 0 Å². The molecular formula is CH6AsO3. The Morgan fingerprint density at radius 3 is 1.20 bits per heavy atom. The molecule has 0 aliphatic heterocycles. The molecule has 0 saturated heterocycles. The van der Waals surface area contributed by atoms with Crippen molar-refractivity contribution in [2.75, 3.05) is 0 Å². The average molecular weight is 141 g/mol. The Hall–Kier alpha value is 0.438. The number of hydrogen-bond donors (Lipinski definition) is 3. The van der Waals surface area contributed by atoms with Gasteiger partial charge in [-0.15, -0.1) is 0 Å². The van der Waals surface area contributed by atoms with Crippen molar-refractivity contribution in [2.45, 2.75) is 5.71 Å². The Labute approximate surface area is 33.4 Å². The molecule has 0 atom stereocenters. The first-order valence-corrected chi connectivity index (χ1v) is 5.44. The third kappa shape index (κ3) is 137. The van der Waals surface area contributed by atoms with Gasteiger partial charge in [-0.25, -0.2) is 0 Å². The SMILES string of the molecule is C[As](O)(O)O. The summed E-state index contributed by atoms with van der Waals surface area (Å²) >= 11 is -3.88. The van der Waals surface area contributed by atoms with Crippen molar-refractivity contribution in [3.05, 3.63) is 0 Å². The molecule has 3 N–H and O–H groups in total. The van der Waals surface area contributed by atoms with Crippen LogP contribution < -0.4 is 0 Å². The van der Waals surface area contributed by atoms with Gasteiger partial charge in [0.05, 0.1) is 0 Å². The van der Waals surface area contributed by atoms with Gasteiger partial charge in [0.25, 0.3) is 0 Å². The molecule has 3 nitrogen and oxygen atoms in total. The molecule has 0 spiro atoms. The summed E-state index contributed by atoms with van der Waals surface area (Å²) in [6, 6.07) is 0. The van der Waals surface area contributed by atoms with E-state index < -0.39 is 14.6 Å². The van der Waals surface area contributed by atoms with Crippen molar-refractivity contribution in [2.24, 2.45) is 0 Å². The van der Waals surface area contributed by atoms with Gasteiger partial charge in [-0.1, -0.05) is 0 Å². The summed E-state index contributed by atoms with van der Waals surface area (Å²) in [5, 5.41) is 0. The second kappa shape index (κ2) is 1.27. The molecule has 0 bridgehead atoms. The molecule has 0 unspecified atom stereocenters. The molecule has 0 heterocycles. The van der Waals surface area contributed by atoms with Crippen molar-refractivity contribution < 1.29 is 12.3 Å². The second-order valence-electron chi connectivity index (χ2n) is 0.868. The molecule has 33 valence electrons. The minimum absolute atomic E-state index is 1.03. The van der Waals surface area contributed by atoms with Crippen molar-refractivity contribution >= 4 is 14.6 Å². The van der Waals surface area contributed by atoms with Gasteiger partial charge in [-0.3, -0.25) is 0 Å². The zero-order valence-corrected chi connectivity index (χ0v) is 4.67. The topological polar surface area (TPSA) is 60.7 Å². The molecule has 0 saturated carbocycles. The summed E-state index contributed by atoms with van der Waals surface area (Å²) in [4.78, 5) is 0. The van der Waals surface area contributed by atoms with Crippen molar-refractivity contribution in [3.8, 4) is 0 Å². The van der Waals surface area contributed by atoms with Gasteiger partial charge in [0.15, 0.2) is 0 Å². The van der Waals surface area contributed by atoms with Crippen molar-refractivity contribution in [1.29, 1.82) is 0 Å². The van der Waals surface area contributed by atoms with Crippen LogP contribution in [0.4, 0.5) is 0 Å². The van der Waals surface area contributed by atoms with E-state index in [1.165, 1.54) is 0 Å². The van der Waals surface area contributed by atoms with E-state index in [1.54, 1.807) is 0 Å². The quantitative estimate of drug-likeness (QED) is 0.361. The number of rotatable bonds is 0. The molecular weight excluding hydrogens is 135 g/mol. The van der Waals surface area contributed by atoms with E-state index in [4.69, 9.17) is 12.3 Å². The van der Waals surface area contributed by atoms with Crippen LogP contribution in [0.25, 0.3) is 0 Å². The Morgan fingerprint density at radius 2 is 1.20 bits per heavy atom. The third-order valence-electron chi connectivity index (χ3n) is 0. The Balaban J connectivity index is 3.02. The van der Waals surface area contributed by atoms with E-state index in [1.807, 2.05) is 0 Å². The fourth-order valence-corrected chi connectivity index (χ4v) is 0. The van der Waals surface area contributed by atoms with Crippen molar-refractivity contribution in [3.63, 3.8) is 0 Å². The standard InChI is InChI=1S/CH6AsO3/c1-2(3,4)5/h3-5H,1H3. The minimum atomic E-state index is -3.88. The summed E-state index contributed by atoms with van der Waals surface area (Å²) in [5.41, 5.74) is 1.03. The van der Waals surface area contributed by atoms with E-state index in [9.17, 15) is 0 Å². The predicted octanol–water partition coefficient (Wildman–Crippen LogP) is -1.47. The summed E-state index contributed by atoms with van der Waals surface area (Å²) in [5.74, 6) is 0. The van der Waals surface area contributed by atoms with Crippen LogP contribution in [-0.4, -0.2) is 26.9 Å². The van der Waals surface area contributed by atoms with Crippen LogP contribution in [0.5, 0.6) is 0 Å². The van der Waals surface area contributed by atoms with Crippen LogP contribution in [0.15, 0.2) is 0 Å². The molecule has 0 aromatic carbocycles. The Morgan fingerprint density at radius 1 is 1.20 bits per heavy atom. The fourth-order valence-electron chi connectivity index (χ4n) is 0. The Kier molecular flexibility index (Phi) is 1.38. The maximum absolute atomic E-state index is 7.80. The predicted molar refractivity (Wildman–Crippen MR) is 18.3 cm³/mol. The van der Waals surface area contributed by atoms with Gasteiger partial charge in [-0.2, -0.15) is 0 Å². The van der Waals surface area contributed by atoms with E-state index >= 15 is 0 Å². The molecule has 0 fully saturated rings. The number of hydrogen-bond acceptors (Lipinski definition) is 3. The fraction of sp³-hybridized carbons (Fsp3) is 1.00. The second-order valence-corrected chi connectivity index (χ2v) is 4.51. The molecule has 0 aromatic rings. The van der Waals surface area contributed by atoms with Gasteiger partial charge in [0.1, 0.15) is 0 Å². The zero-order chi connectivity index (χ0) is 4.50. The van der Waals surface area contributed by atoms with E-state index in [0.717, 1.165) is 5.71 Å². The summed E-state index contributed by atoms with van der Waals surface area (Å²) in [6.45, 7) is 0. The van der Waals surface area contributed by atoms with Crippen LogP contribution in [-0.2, 0) is 0 Å². The summed E-state index contributed by atoms with van der Waals surface area (Å²) in [6.07, 6.45) is 0.